The predicted octanol–water partition coefficient (Wildman–Crippen LogP) is 2.74. The first-order valence-electron chi connectivity index (χ1n) is 7.54. The number of benzene rings is 1. The summed E-state index contributed by atoms with van der Waals surface area (Å²) in [4.78, 5) is 2.30. The molecular formula is C17H30N2O. The van der Waals surface area contributed by atoms with E-state index in [1.165, 1.54) is 11.1 Å². The highest BCUT2D eigenvalue weighted by Gasteiger charge is 2.18. The maximum Gasteiger partial charge on any atom is 0.0718 e. The molecule has 0 fully saturated rings. The second-order valence-corrected chi connectivity index (χ2v) is 6.22. The monoisotopic (exact) mass is 278 g/mol. The third-order valence-electron chi connectivity index (χ3n) is 3.62. The van der Waals surface area contributed by atoms with Crippen molar-refractivity contribution in [3.63, 3.8) is 0 Å². The number of rotatable bonds is 8. The molecule has 0 aliphatic carbocycles. The van der Waals surface area contributed by atoms with Gasteiger partial charge in [-0.25, -0.2) is 0 Å². The fraction of sp³-hybridized carbons (Fsp3) is 0.647. The number of hydrogen-bond donors (Lipinski definition) is 2. The Morgan fingerprint density at radius 3 is 2.30 bits per heavy atom. The molecule has 0 aliphatic rings. The number of nitrogens with zero attached hydrogens (tertiary/aromatic N) is 1. The van der Waals surface area contributed by atoms with Crippen molar-refractivity contribution in [1.29, 1.82) is 0 Å². The Kier molecular flexibility index (Phi) is 6.66. The summed E-state index contributed by atoms with van der Waals surface area (Å²) in [5.74, 6) is 0. The van der Waals surface area contributed by atoms with E-state index in [1.807, 2.05) is 20.9 Å². The van der Waals surface area contributed by atoms with Crippen molar-refractivity contribution in [2.75, 3.05) is 26.7 Å². The van der Waals surface area contributed by atoms with Crippen LogP contribution in [-0.4, -0.2) is 42.3 Å². The van der Waals surface area contributed by atoms with Crippen LogP contribution in [-0.2, 0) is 0 Å². The van der Waals surface area contributed by atoms with Crippen molar-refractivity contribution >= 4 is 0 Å². The SMILES string of the molecule is CCN(CCC(NC)c1ccc(C)cc1)CC(C)(C)O. The summed E-state index contributed by atoms with van der Waals surface area (Å²) >= 11 is 0. The van der Waals surface area contributed by atoms with Gasteiger partial charge in [-0.2, -0.15) is 0 Å². The maximum absolute atomic E-state index is 9.93. The van der Waals surface area contributed by atoms with Crippen molar-refractivity contribution in [3.05, 3.63) is 35.4 Å². The van der Waals surface area contributed by atoms with Gasteiger partial charge in [0.15, 0.2) is 0 Å². The summed E-state index contributed by atoms with van der Waals surface area (Å²) in [6.07, 6.45) is 1.05. The molecule has 1 aromatic rings. The summed E-state index contributed by atoms with van der Waals surface area (Å²) in [5, 5.41) is 13.3. The van der Waals surface area contributed by atoms with Gasteiger partial charge in [-0.05, 0) is 46.3 Å². The Morgan fingerprint density at radius 2 is 1.85 bits per heavy atom. The lowest BCUT2D eigenvalue weighted by atomic mass is 10.0. The molecular weight excluding hydrogens is 248 g/mol. The molecule has 0 aromatic heterocycles. The lowest BCUT2D eigenvalue weighted by molar-refractivity contribution is 0.0367. The van der Waals surface area contributed by atoms with E-state index in [0.29, 0.717) is 12.6 Å². The van der Waals surface area contributed by atoms with E-state index < -0.39 is 5.60 Å². The van der Waals surface area contributed by atoms with Gasteiger partial charge in [0.2, 0.25) is 0 Å². The van der Waals surface area contributed by atoms with E-state index >= 15 is 0 Å². The molecule has 0 saturated carbocycles. The molecule has 1 unspecified atom stereocenters. The van der Waals surface area contributed by atoms with Crippen LogP contribution >= 0.6 is 0 Å². The lowest BCUT2D eigenvalue weighted by Crippen LogP contribution is -2.39. The first-order chi connectivity index (χ1) is 9.35. The smallest absolute Gasteiger partial charge is 0.0718 e. The van der Waals surface area contributed by atoms with E-state index in [1.54, 1.807) is 0 Å². The highest BCUT2D eigenvalue weighted by molar-refractivity contribution is 5.24. The van der Waals surface area contributed by atoms with E-state index in [-0.39, 0.29) is 0 Å². The van der Waals surface area contributed by atoms with Crippen LogP contribution in [0, 0.1) is 6.92 Å². The number of hydrogen-bond acceptors (Lipinski definition) is 3. The van der Waals surface area contributed by atoms with Crippen LogP contribution in [0.2, 0.25) is 0 Å². The second-order valence-electron chi connectivity index (χ2n) is 6.22. The normalized spacial score (nSPS) is 13.8. The Hall–Kier alpha value is -0.900. The molecule has 0 aliphatic heterocycles. The van der Waals surface area contributed by atoms with Crippen LogP contribution in [0.5, 0.6) is 0 Å². The summed E-state index contributed by atoms with van der Waals surface area (Å²) in [5.41, 5.74) is 1.99. The van der Waals surface area contributed by atoms with Gasteiger partial charge in [0.05, 0.1) is 5.60 Å². The van der Waals surface area contributed by atoms with Crippen molar-refractivity contribution in [1.82, 2.24) is 10.2 Å². The standard InChI is InChI=1S/C17H30N2O/c1-6-19(13-17(3,4)20)12-11-16(18-5)15-9-7-14(2)8-10-15/h7-10,16,18,20H,6,11-13H2,1-5H3. The Balaban J connectivity index is 2.58. The lowest BCUT2D eigenvalue weighted by Gasteiger charge is -2.29. The van der Waals surface area contributed by atoms with E-state index in [4.69, 9.17) is 0 Å². The Labute approximate surface area is 124 Å². The average molecular weight is 278 g/mol. The van der Waals surface area contributed by atoms with Gasteiger partial charge < -0.3 is 15.3 Å². The number of nitrogens with one attached hydrogen (secondary N) is 1. The third-order valence-corrected chi connectivity index (χ3v) is 3.62. The molecule has 1 rings (SSSR count). The van der Waals surface area contributed by atoms with Crippen LogP contribution in [0.4, 0.5) is 0 Å². The first kappa shape index (κ1) is 17.2. The number of aliphatic hydroxyl groups is 1. The molecule has 3 heteroatoms. The minimum Gasteiger partial charge on any atom is -0.389 e. The minimum absolute atomic E-state index is 0.367. The largest absolute Gasteiger partial charge is 0.389 e. The van der Waals surface area contributed by atoms with Gasteiger partial charge in [-0.15, -0.1) is 0 Å². The molecule has 20 heavy (non-hydrogen) atoms. The summed E-state index contributed by atoms with van der Waals surface area (Å²) in [6, 6.07) is 9.08. The quantitative estimate of drug-likeness (QED) is 0.767. The molecule has 2 N–H and O–H groups in total. The van der Waals surface area contributed by atoms with E-state index in [9.17, 15) is 5.11 Å². The van der Waals surface area contributed by atoms with Crippen LogP contribution < -0.4 is 5.32 Å². The van der Waals surface area contributed by atoms with E-state index in [2.05, 4.69) is 48.3 Å². The zero-order valence-corrected chi connectivity index (χ0v) is 13.6. The molecule has 0 saturated heterocycles. The zero-order valence-electron chi connectivity index (χ0n) is 13.6. The third kappa shape index (κ3) is 6.04. The number of aryl methyl sites for hydroxylation is 1. The van der Waals surface area contributed by atoms with Gasteiger partial charge in [-0.3, -0.25) is 0 Å². The van der Waals surface area contributed by atoms with E-state index in [0.717, 1.165) is 19.5 Å². The average Bonchev–Trinajstić information content (AvgIpc) is 2.38. The molecule has 1 atom stereocenters. The summed E-state index contributed by atoms with van der Waals surface area (Å²) in [7, 11) is 2.01. The van der Waals surface area contributed by atoms with Gasteiger partial charge in [0.25, 0.3) is 0 Å². The highest BCUT2D eigenvalue weighted by Crippen LogP contribution is 2.18. The van der Waals surface area contributed by atoms with Gasteiger partial charge in [-0.1, -0.05) is 36.8 Å². The molecule has 0 heterocycles. The van der Waals surface area contributed by atoms with Gasteiger partial charge in [0, 0.05) is 19.1 Å². The van der Waals surface area contributed by atoms with Crippen LogP contribution in [0.25, 0.3) is 0 Å². The van der Waals surface area contributed by atoms with Crippen LogP contribution in [0.15, 0.2) is 24.3 Å². The molecule has 0 amide bonds. The minimum atomic E-state index is -0.630. The van der Waals surface area contributed by atoms with Crippen LogP contribution in [0.1, 0.15) is 44.4 Å². The highest BCUT2D eigenvalue weighted by atomic mass is 16.3. The van der Waals surface area contributed by atoms with Crippen molar-refractivity contribution in [2.45, 2.75) is 45.8 Å². The maximum atomic E-state index is 9.93. The van der Waals surface area contributed by atoms with Crippen molar-refractivity contribution in [2.24, 2.45) is 0 Å². The summed E-state index contributed by atoms with van der Waals surface area (Å²) < 4.78 is 0. The van der Waals surface area contributed by atoms with Gasteiger partial charge >= 0.3 is 0 Å². The Bertz CT molecular complexity index is 381. The molecule has 0 bridgehead atoms. The molecule has 0 radical (unpaired) electrons. The second kappa shape index (κ2) is 7.77. The molecule has 3 nitrogen and oxygen atoms in total. The topological polar surface area (TPSA) is 35.5 Å². The Morgan fingerprint density at radius 1 is 1.25 bits per heavy atom. The zero-order chi connectivity index (χ0) is 15.2. The van der Waals surface area contributed by atoms with Crippen molar-refractivity contribution < 1.29 is 5.11 Å². The fourth-order valence-corrected chi connectivity index (χ4v) is 2.48. The molecule has 0 spiro atoms. The van der Waals surface area contributed by atoms with Gasteiger partial charge in [0.1, 0.15) is 0 Å². The fourth-order valence-electron chi connectivity index (χ4n) is 2.48. The van der Waals surface area contributed by atoms with Crippen molar-refractivity contribution in [3.8, 4) is 0 Å². The number of likely N-dealkylation sites (N-methyl/N-ethyl adjacent to an activating group) is 1. The van der Waals surface area contributed by atoms with Crippen LogP contribution in [0.3, 0.4) is 0 Å². The summed E-state index contributed by atoms with van der Waals surface area (Å²) in [6.45, 7) is 10.7. The molecule has 1 aromatic carbocycles. The predicted molar refractivity (Wildman–Crippen MR) is 86.0 cm³/mol. The first-order valence-corrected chi connectivity index (χ1v) is 7.54. The molecule has 114 valence electrons.